The predicted octanol–water partition coefficient (Wildman–Crippen LogP) is 6.87. The van der Waals surface area contributed by atoms with Gasteiger partial charge in [0.1, 0.15) is 0 Å². The molecule has 11 atom stereocenters. The molecule has 3 nitrogen and oxygen atoms in total. The summed E-state index contributed by atoms with van der Waals surface area (Å²) in [7, 11) is 0. The molecule has 1 N–H and O–H groups in total. The van der Waals surface area contributed by atoms with Crippen molar-refractivity contribution in [2.45, 2.75) is 112 Å². The Bertz CT molecular complexity index is 762. The summed E-state index contributed by atoms with van der Waals surface area (Å²) < 4.78 is 5.77. The van der Waals surface area contributed by atoms with Gasteiger partial charge in [0.25, 0.3) is 0 Å². The average molecular weight is 459 g/mol. The maximum absolute atomic E-state index is 11.8. The molecule has 0 saturated heterocycles. The molecule has 5 rings (SSSR count). The molecule has 0 aromatic carbocycles. The number of hydrogen-bond donors (Lipinski definition) is 1. The van der Waals surface area contributed by atoms with Crippen LogP contribution in [0.4, 0.5) is 0 Å². The van der Waals surface area contributed by atoms with Crippen LogP contribution in [0.1, 0.15) is 106 Å². The van der Waals surface area contributed by atoms with Crippen molar-refractivity contribution in [3.8, 4) is 0 Å². The Morgan fingerprint density at radius 1 is 0.939 bits per heavy atom. The summed E-state index contributed by atoms with van der Waals surface area (Å²) in [4.78, 5) is 11.8. The minimum absolute atomic E-state index is 0.0920. The number of fused-ring (bicyclic) bond motifs is 7. The van der Waals surface area contributed by atoms with Gasteiger partial charge >= 0.3 is 5.97 Å². The zero-order valence-electron chi connectivity index (χ0n) is 22.2. The van der Waals surface area contributed by atoms with Gasteiger partial charge in [0.2, 0.25) is 0 Å². The Balaban J connectivity index is 1.46. The van der Waals surface area contributed by atoms with Crippen LogP contribution in [0.3, 0.4) is 0 Å². The SMILES string of the molecule is CC(=O)OC[C@]12CC[C@@H]3[C@H](CC[C@H]4[C@@]5(C)CC[C@H](O)[C@H](C)[C@H]5CC[C@]43C)[C@H]1[C@H](C(C)C)CC2. The predicted molar refractivity (Wildman–Crippen MR) is 132 cm³/mol. The molecule has 0 heterocycles. The molecule has 0 spiro atoms. The first-order chi connectivity index (χ1) is 15.5. The van der Waals surface area contributed by atoms with Crippen LogP contribution < -0.4 is 0 Å². The van der Waals surface area contributed by atoms with Gasteiger partial charge in [0, 0.05) is 12.3 Å². The highest BCUT2D eigenvalue weighted by Gasteiger charge is 2.66. The summed E-state index contributed by atoms with van der Waals surface area (Å²) in [5, 5.41) is 10.6. The number of carbonyl (C=O) groups excluding carboxylic acids is 1. The van der Waals surface area contributed by atoms with Crippen LogP contribution in [0.2, 0.25) is 0 Å². The largest absolute Gasteiger partial charge is 0.465 e. The molecular formula is C30H50O3. The molecule has 0 unspecified atom stereocenters. The molecule has 0 aromatic heterocycles. The molecule has 33 heavy (non-hydrogen) atoms. The maximum Gasteiger partial charge on any atom is 0.302 e. The third-order valence-electron chi connectivity index (χ3n) is 12.8. The molecule has 0 amide bonds. The van der Waals surface area contributed by atoms with E-state index < -0.39 is 0 Å². The van der Waals surface area contributed by atoms with Gasteiger partial charge in [0.15, 0.2) is 0 Å². The second kappa shape index (κ2) is 8.24. The minimum atomic E-state index is -0.103. The van der Waals surface area contributed by atoms with Crippen molar-refractivity contribution in [1.29, 1.82) is 0 Å². The first-order valence-electron chi connectivity index (χ1n) is 14.3. The molecule has 5 fully saturated rings. The lowest BCUT2D eigenvalue weighted by Crippen LogP contribution is -2.61. The van der Waals surface area contributed by atoms with Gasteiger partial charge in [0.05, 0.1) is 12.7 Å². The molecule has 5 saturated carbocycles. The number of rotatable bonds is 3. The van der Waals surface area contributed by atoms with E-state index in [1.165, 1.54) is 57.8 Å². The van der Waals surface area contributed by atoms with E-state index >= 15 is 0 Å². The molecule has 0 radical (unpaired) electrons. The van der Waals surface area contributed by atoms with Crippen LogP contribution >= 0.6 is 0 Å². The van der Waals surface area contributed by atoms with Gasteiger partial charge in [-0.05, 0) is 122 Å². The van der Waals surface area contributed by atoms with E-state index in [0.29, 0.717) is 35.2 Å². The Morgan fingerprint density at radius 2 is 1.58 bits per heavy atom. The summed E-state index contributed by atoms with van der Waals surface area (Å²) in [5.41, 5.74) is 1.07. The molecule has 188 valence electrons. The summed E-state index contributed by atoms with van der Waals surface area (Å²) in [5.74, 6) is 5.70. The fraction of sp³-hybridized carbons (Fsp3) is 0.967. The molecule has 0 aromatic rings. The maximum atomic E-state index is 11.8. The number of aliphatic hydroxyl groups excluding tert-OH is 1. The Morgan fingerprint density at radius 3 is 2.27 bits per heavy atom. The molecule has 0 bridgehead atoms. The quantitative estimate of drug-likeness (QED) is 0.470. The zero-order valence-corrected chi connectivity index (χ0v) is 22.2. The fourth-order valence-electron chi connectivity index (χ4n) is 11.3. The van der Waals surface area contributed by atoms with E-state index in [1.54, 1.807) is 6.92 Å². The van der Waals surface area contributed by atoms with E-state index in [2.05, 4.69) is 34.6 Å². The van der Waals surface area contributed by atoms with E-state index in [4.69, 9.17) is 4.74 Å². The Labute approximate surface area is 202 Å². The lowest BCUT2D eigenvalue weighted by molar-refractivity contribution is -0.202. The topological polar surface area (TPSA) is 46.5 Å². The second-order valence-corrected chi connectivity index (χ2v) is 14.2. The van der Waals surface area contributed by atoms with Crippen molar-refractivity contribution in [2.75, 3.05) is 6.61 Å². The zero-order chi connectivity index (χ0) is 23.8. The number of carbonyl (C=O) groups is 1. The number of esters is 1. The van der Waals surface area contributed by atoms with Crippen molar-refractivity contribution in [3.63, 3.8) is 0 Å². The van der Waals surface area contributed by atoms with Crippen LogP contribution in [0.25, 0.3) is 0 Å². The second-order valence-electron chi connectivity index (χ2n) is 14.2. The van der Waals surface area contributed by atoms with Crippen LogP contribution in [0, 0.1) is 63.6 Å². The standard InChI is InChI=1S/C30H50O3/c1-18(2)21-9-15-30(17-33-20(4)31)16-11-24-22(27(21)30)7-8-26-28(5)14-12-25(32)19(3)23(28)10-13-29(24,26)6/h18-19,21-27,32H,7-17H2,1-6H3/t19-,21+,22+,23-,24-,25+,26+,27-,28+,29+,30+/m1/s1. The van der Waals surface area contributed by atoms with E-state index in [0.717, 1.165) is 36.0 Å². The number of ether oxygens (including phenoxy) is 1. The lowest BCUT2D eigenvalue weighted by atomic mass is 9.37. The van der Waals surface area contributed by atoms with Gasteiger partial charge in [-0.1, -0.05) is 34.6 Å². The van der Waals surface area contributed by atoms with Crippen molar-refractivity contribution in [3.05, 3.63) is 0 Å². The van der Waals surface area contributed by atoms with Gasteiger partial charge in [-0.2, -0.15) is 0 Å². The Kier molecular flexibility index (Phi) is 6.03. The monoisotopic (exact) mass is 458 g/mol. The van der Waals surface area contributed by atoms with Crippen molar-refractivity contribution in [2.24, 2.45) is 63.6 Å². The average Bonchev–Trinajstić information content (AvgIpc) is 3.16. The molecule has 5 aliphatic rings. The van der Waals surface area contributed by atoms with Crippen molar-refractivity contribution in [1.82, 2.24) is 0 Å². The number of hydrogen-bond acceptors (Lipinski definition) is 3. The van der Waals surface area contributed by atoms with Gasteiger partial charge in [-0.25, -0.2) is 0 Å². The summed E-state index contributed by atoms with van der Waals surface area (Å²) in [6.45, 7) is 14.7. The van der Waals surface area contributed by atoms with Crippen LogP contribution in [0.15, 0.2) is 0 Å². The van der Waals surface area contributed by atoms with Crippen LogP contribution in [0.5, 0.6) is 0 Å². The van der Waals surface area contributed by atoms with Gasteiger partial charge in [-0.15, -0.1) is 0 Å². The third-order valence-corrected chi connectivity index (χ3v) is 12.8. The molecular weight excluding hydrogens is 408 g/mol. The van der Waals surface area contributed by atoms with E-state index in [9.17, 15) is 9.90 Å². The summed E-state index contributed by atoms with van der Waals surface area (Å²) in [6.07, 6.45) is 12.7. The van der Waals surface area contributed by atoms with Crippen molar-refractivity contribution >= 4 is 5.97 Å². The molecule has 5 aliphatic carbocycles. The van der Waals surface area contributed by atoms with E-state index in [1.807, 2.05) is 0 Å². The highest BCUT2D eigenvalue weighted by Crippen LogP contribution is 2.72. The summed E-state index contributed by atoms with van der Waals surface area (Å²) >= 11 is 0. The number of aliphatic hydroxyl groups is 1. The first kappa shape index (κ1) is 24.1. The highest BCUT2D eigenvalue weighted by atomic mass is 16.5. The van der Waals surface area contributed by atoms with Crippen LogP contribution in [-0.4, -0.2) is 23.8 Å². The summed E-state index contributed by atoms with van der Waals surface area (Å²) in [6, 6.07) is 0. The first-order valence-corrected chi connectivity index (χ1v) is 14.3. The molecule has 0 aliphatic heterocycles. The van der Waals surface area contributed by atoms with Crippen molar-refractivity contribution < 1.29 is 14.6 Å². The van der Waals surface area contributed by atoms with E-state index in [-0.39, 0.29) is 17.5 Å². The minimum Gasteiger partial charge on any atom is -0.465 e. The highest BCUT2D eigenvalue weighted by molar-refractivity contribution is 5.65. The normalized spacial score (nSPS) is 53.6. The third kappa shape index (κ3) is 3.48. The Hall–Kier alpha value is -0.570. The lowest BCUT2D eigenvalue weighted by Gasteiger charge is -2.68. The van der Waals surface area contributed by atoms with Gasteiger partial charge < -0.3 is 9.84 Å². The van der Waals surface area contributed by atoms with Gasteiger partial charge in [-0.3, -0.25) is 4.79 Å². The smallest absolute Gasteiger partial charge is 0.302 e. The molecule has 3 heteroatoms. The van der Waals surface area contributed by atoms with Crippen LogP contribution in [-0.2, 0) is 9.53 Å². The fourth-order valence-corrected chi connectivity index (χ4v) is 11.3.